The zero-order valence-corrected chi connectivity index (χ0v) is 19.5. The monoisotopic (exact) mass is 502 g/mol. The SMILES string of the molecule is CN=C(NCc1nc(C)c(C)s1)NCC(C)(C)c1ccc2c(c1)OCO2.I. The van der Waals surface area contributed by atoms with Crippen LogP contribution in [-0.2, 0) is 12.0 Å². The first-order valence-electron chi connectivity index (χ1n) is 8.66. The summed E-state index contributed by atoms with van der Waals surface area (Å²) in [5.41, 5.74) is 2.20. The summed E-state index contributed by atoms with van der Waals surface area (Å²) in [4.78, 5) is 10.1. The van der Waals surface area contributed by atoms with Crippen LogP contribution in [0.15, 0.2) is 23.2 Å². The van der Waals surface area contributed by atoms with E-state index in [0.717, 1.165) is 34.7 Å². The number of nitrogens with one attached hydrogen (secondary N) is 2. The van der Waals surface area contributed by atoms with E-state index in [0.29, 0.717) is 13.3 Å². The molecule has 2 heterocycles. The van der Waals surface area contributed by atoms with Crippen LogP contribution in [0.2, 0.25) is 0 Å². The number of aromatic nitrogens is 1. The topological polar surface area (TPSA) is 67.8 Å². The van der Waals surface area contributed by atoms with Crippen LogP contribution >= 0.6 is 35.3 Å². The van der Waals surface area contributed by atoms with E-state index in [1.54, 1.807) is 18.4 Å². The second kappa shape index (κ2) is 9.09. The molecule has 0 spiro atoms. The summed E-state index contributed by atoms with van der Waals surface area (Å²) in [6, 6.07) is 6.12. The Morgan fingerprint density at radius 3 is 2.63 bits per heavy atom. The van der Waals surface area contributed by atoms with Crippen molar-refractivity contribution in [3.05, 3.63) is 39.3 Å². The molecule has 1 aliphatic rings. The van der Waals surface area contributed by atoms with Crippen molar-refractivity contribution in [2.75, 3.05) is 20.4 Å². The molecule has 27 heavy (non-hydrogen) atoms. The molecule has 0 saturated heterocycles. The van der Waals surface area contributed by atoms with Gasteiger partial charge in [0, 0.05) is 23.9 Å². The van der Waals surface area contributed by atoms with E-state index in [-0.39, 0.29) is 29.4 Å². The third kappa shape index (κ3) is 5.25. The van der Waals surface area contributed by atoms with Crippen LogP contribution in [0.1, 0.15) is 35.0 Å². The minimum absolute atomic E-state index is 0. The molecule has 0 fully saturated rings. The summed E-state index contributed by atoms with van der Waals surface area (Å²) in [7, 11) is 1.78. The molecule has 0 bridgehead atoms. The fourth-order valence-corrected chi connectivity index (χ4v) is 3.59. The Labute approximate surface area is 181 Å². The standard InChI is InChI=1S/C19H26N4O2S.HI/c1-12-13(2)26-17(23-12)9-21-18(20-5)22-10-19(3,4)14-6-7-15-16(8-14)25-11-24-15;/h6-8H,9-11H2,1-5H3,(H2,20,21,22);1H. The number of hydrogen-bond acceptors (Lipinski definition) is 5. The number of fused-ring (bicyclic) bond motifs is 1. The van der Waals surface area contributed by atoms with Gasteiger partial charge in [0.15, 0.2) is 17.5 Å². The number of guanidine groups is 1. The Hall–Kier alpha value is -1.55. The molecule has 8 heteroatoms. The second-order valence-corrected chi connectivity index (χ2v) is 8.27. The Morgan fingerprint density at radius 1 is 1.22 bits per heavy atom. The van der Waals surface area contributed by atoms with Gasteiger partial charge in [-0.15, -0.1) is 35.3 Å². The summed E-state index contributed by atoms with van der Waals surface area (Å²) < 4.78 is 10.9. The van der Waals surface area contributed by atoms with Crippen molar-refractivity contribution >= 4 is 41.3 Å². The highest BCUT2D eigenvalue weighted by Gasteiger charge is 2.24. The highest BCUT2D eigenvalue weighted by molar-refractivity contribution is 14.0. The van der Waals surface area contributed by atoms with Crippen molar-refractivity contribution < 1.29 is 9.47 Å². The van der Waals surface area contributed by atoms with Gasteiger partial charge in [0.25, 0.3) is 0 Å². The Bertz CT molecular complexity index is 801. The summed E-state index contributed by atoms with van der Waals surface area (Å²) in [5.74, 6) is 2.39. The van der Waals surface area contributed by atoms with Crippen LogP contribution in [0.3, 0.4) is 0 Å². The van der Waals surface area contributed by atoms with Crippen LogP contribution in [0.25, 0.3) is 0 Å². The second-order valence-electron chi connectivity index (χ2n) is 6.98. The van der Waals surface area contributed by atoms with Gasteiger partial charge in [-0.2, -0.15) is 0 Å². The van der Waals surface area contributed by atoms with E-state index in [2.05, 4.69) is 53.5 Å². The average Bonchev–Trinajstić information content (AvgIpc) is 3.21. The third-order valence-corrected chi connectivity index (χ3v) is 5.63. The number of aliphatic imine (C=N–C) groups is 1. The zero-order valence-electron chi connectivity index (χ0n) is 16.4. The lowest BCUT2D eigenvalue weighted by Gasteiger charge is -2.27. The van der Waals surface area contributed by atoms with Crippen molar-refractivity contribution in [2.24, 2.45) is 4.99 Å². The maximum atomic E-state index is 5.50. The van der Waals surface area contributed by atoms with Gasteiger partial charge in [0.05, 0.1) is 12.2 Å². The fourth-order valence-electron chi connectivity index (χ4n) is 2.72. The van der Waals surface area contributed by atoms with Crippen molar-refractivity contribution in [1.29, 1.82) is 0 Å². The lowest BCUT2D eigenvalue weighted by Crippen LogP contribution is -2.43. The molecule has 148 valence electrons. The molecule has 0 unspecified atom stereocenters. The minimum Gasteiger partial charge on any atom is -0.454 e. The maximum Gasteiger partial charge on any atom is 0.231 e. The van der Waals surface area contributed by atoms with Crippen LogP contribution in [0.4, 0.5) is 0 Å². The van der Waals surface area contributed by atoms with Crippen molar-refractivity contribution in [2.45, 2.75) is 39.7 Å². The van der Waals surface area contributed by atoms with Gasteiger partial charge in [0.1, 0.15) is 5.01 Å². The molecule has 1 aromatic carbocycles. The number of aryl methyl sites for hydroxylation is 2. The maximum absolute atomic E-state index is 5.50. The molecule has 1 aliphatic heterocycles. The molecule has 0 radical (unpaired) electrons. The first-order chi connectivity index (χ1) is 12.4. The molecule has 2 N–H and O–H groups in total. The van der Waals surface area contributed by atoms with Crippen LogP contribution < -0.4 is 20.1 Å². The molecule has 3 rings (SSSR count). The van der Waals surface area contributed by atoms with Crippen LogP contribution in [-0.4, -0.2) is 31.3 Å². The van der Waals surface area contributed by atoms with Crippen molar-refractivity contribution in [1.82, 2.24) is 15.6 Å². The largest absolute Gasteiger partial charge is 0.454 e. The Morgan fingerprint density at radius 2 is 1.96 bits per heavy atom. The lowest BCUT2D eigenvalue weighted by atomic mass is 9.84. The predicted octanol–water partition coefficient (Wildman–Crippen LogP) is 3.75. The molecule has 0 atom stereocenters. The van der Waals surface area contributed by atoms with Gasteiger partial charge in [-0.1, -0.05) is 19.9 Å². The molecular weight excluding hydrogens is 475 g/mol. The van der Waals surface area contributed by atoms with Gasteiger partial charge in [-0.05, 0) is 31.5 Å². The van der Waals surface area contributed by atoms with E-state index in [9.17, 15) is 0 Å². The smallest absolute Gasteiger partial charge is 0.231 e. The summed E-state index contributed by atoms with van der Waals surface area (Å²) in [6.45, 7) is 10.2. The molecule has 1 aromatic heterocycles. The zero-order chi connectivity index (χ0) is 18.7. The fraction of sp³-hybridized carbons (Fsp3) is 0.474. The highest BCUT2D eigenvalue weighted by atomic mass is 127. The lowest BCUT2D eigenvalue weighted by molar-refractivity contribution is 0.174. The van der Waals surface area contributed by atoms with Gasteiger partial charge in [-0.25, -0.2) is 4.98 Å². The number of halogens is 1. The van der Waals surface area contributed by atoms with E-state index in [1.165, 1.54) is 10.4 Å². The van der Waals surface area contributed by atoms with Gasteiger partial charge >= 0.3 is 0 Å². The molecule has 6 nitrogen and oxygen atoms in total. The van der Waals surface area contributed by atoms with E-state index < -0.39 is 0 Å². The highest BCUT2D eigenvalue weighted by Crippen LogP contribution is 2.36. The average molecular weight is 502 g/mol. The van der Waals surface area contributed by atoms with Gasteiger partial charge in [0.2, 0.25) is 6.79 Å². The van der Waals surface area contributed by atoms with Crippen LogP contribution in [0, 0.1) is 13.8 Å². The molecular formula is C19H27IN4O2S. The minimum atomic E-state index is -0.0903. The number of thiazole rings is 1. The van der Waals surface area contributed by atoms with Gasteiger partial charge in [-0.3, -0.25) is 4.99 Å². The van der Waals surface area contributed by atoms with Crippen molar-refractivity contribution in [3.8, 4) is 11.5 Å². The summed E-state index contributed by atoms with van der Waals surface area (Å²) >= 11 is 1.72. The van der Waals surface area contributed by atoms with Crippen molar-refractivity contribution in [3.63, 3.8) is 0 Å². The molecule has 0 aliphatic carbocycles. The first kappa shape index (κ1) is 21.7. The van der Waals surface area contributed by atoms with Gasteiger partial charge < -0.3 is 20.1 Å². The summed E-state index contributed by atoms with van der Waals surface area (Å²) in [6.07, 6.45) is 0. The molecule has 0 amide bonds. The normalized spacial score (nSPS) is 13.3. The quantitative estimate of drug-likeness (QED) is 0.371. The summed E-state index contributed by atoms with van der Waals surface area (Å²) in [5, 5.41) is 7.81. The number of ether oxygens (including phenoxy) is 2. The number of nitrogens with zero attached hydrogens (tertiary/aromatic N) is 2. The Balaban J connectivity index is 0.00000261. The predicted molar refractivity (Wildman–Crippen MR) is 121 cm³/mol. The van der Waals surface area contributed by atoms with E-state index >= 15 is 0 Å². The van der Waals surface area contributed by atoms with E-state index in [1.807, 2.05) is 13.0 Å². The third-order valence-electron chi connectivity index (χ3n) is 4.56. The van der Waals surface area contributed by atoms with Crippen LogP contribution in [0.5, 0.6) is 11.5 Å². The number of rotatable bonds is 5. The number of hydrogen-bond donors (Lipinski definition) is 2. The molecule has 0 saturated carbocycles. The Kier molecular flexibility index (Phi) is 7.32. The number of benzene rings is 1. The molecule has 2 aromatic rings. The first-order valence-corrected chi connectivity index (χ1v) is 9.48. The van der Waals surface area contributed by atoms with E-state index in [4.69, 9.17) is 9.47 Å².